The van der Waals surface area contributed by atoms with Crippen molar-refractivity contribution in [1.29, 1.82) is 0 Å². The number of thiophene rings is 1. The molecule has 28 heavy (non-hydrogen) atoms. The van der Waals surface area contributed by atoms with Gasteiger partial charge in [-0.1, -0.05) is 30.7 Å². The Morgan fingerprint density at radius 2 is 1.96 bits per heavy atom. The molecule has 0 radical (unpaired) electrons. The largest absolute Gasteiger partial charge is 0.460 e. The molecule has 2 aromatic heterocycles. The summed E-state index contributed by atoms with van der Waals surface area (Å²) in [6.07, 6.45) is 0.724. The Kier molecular flexibility index (Phi) is 6.23. The van der Waals surface area contributed by atoms with Crippen molar-refractivity contribution < 1.29 is 14.3 Å². The zero-order valence-electron chi connectivity index (χ0n) is 15.4. The summed E-state index contributed by atoms with van der Waals surface area (Å²) < 4.78 is 6.59. The molecule has 0 aliphatic rings. The lowest BCUT2D eigenvalue weighted by Crippen LogP contribution is -2.16. The standard InChI is InChI=1S/C19H19ClN4O3S/c1-3-11-9-13(16(25)12-7-5-6-8-14(12)20)18(28-11)24-15(10-21)22-23-17(24)19(26)27-4-2/h5-9H,3-4,10,21H2,1-2H3. The van der Waals surface area contributed by atoms with Crippen molar-refractivity contribution >= 4 is 34.7 Å². The van der Waals surface area contributed by atoms with Gasteiger partial charge in [0.1, 0.15) is 5.00 Å². The van der Waals surface area contributed by atoms with Gasteiger partial charge < -0.3 is 10.5 Å². The van der Waals surface area contributed by atoms with Crippen molar-refractivity contribution in [1.82, 2.24) is 14.8 Å². The van der Waals surface area contributed by atoms with Gasteiger partial charge in [-0.25, -0.2) is 4.79 Å². The molecule has 2 N–H and O–H groups in total. The molecule has 0 saturated heterocycles. The van der Waals surface area contributed by atoms with Crippen LogP contribution >= 0.6 is 22.9 Å². The van der Waals surface area contributed by atoms with Crippen LogP contribution in [0.3, 0.4) is 0 Å². The minimum absolute atomic E-state index is 0.0139. The molecule has 0 aliphatic carbocycles. The van der Waals surface area contributed by atoms with Gasteiger partial charge in [-0.15, -0.1) is 21.5 Å². The van der Waals surface area contributed by atoms with Crippen LogP contribution < -0.4 is 5.73 Å². The summed E-state index contributed by atoms with van der Waals surface area (Å²) in [4.78, 5) is 26.6. The van der Waals surface area contributed by atoms with Crippen molar-refractivity contribution in [3.63, 3.8) is 0 Å². The fraction of sp³-hybridized carbons (Fsp3) is 0.263. The molecule has 1 aromatic carbocycles. The number of aromatic nitrogens is 3. The average molecular weight is 419 g/mol. The van der Waals surface area contributed by atoms with Crippen molar-refractivity contribution in [2.45, 2.75) is 26.8 Å². The van der Waals surface area contributed by atoms with Gasteiger partial charge in [-0.3, -0.25) is 9.36 Å². The molecular formula is C19H19ClN4O3S. The summed E-state index contributed by atoms with van der Waals surface area (Å²) in [6.45, 7) is 3.93. The van der Waals surface area contributed by atoms with Gasteiger partial charge >= 0.3 is 5.97 Å². The Morgan fingerprint density at radius 3 is 2.61 bits per heavy atom. The van der Waals surface area contributed by atoms with Crippen LogP contribution in [-0.2, 0) is 17.7 Å². The molecule has 0 atom stereocenters. The van der Waals surface area contributed by atoms with E-state index < -0.39 is 5.97 Å². The van der Waals surface area contributed by atoms with Crippen LogP contribution in [0.15, 0.2) is 30.3 Å². The van der Waals surface area contributed by atoms with E-state index in [1.165, 1.54) is 15.9 Å². The number of ketones is 1. The number of esters is 1. The SMILES string of the molecule is CCOC(=O)c1nnc(CN)n1-c1sc(CC)cc1C(=O)c1ccccc1Cl. The van der Waals surface area contributed by atoms with E-state index >= 15 is 0 Å². The van der Waals surface area contributed by atoms with Gasteiger partial charge in [-0.2, -0.15) is 0 Å². The van der Waals surface area contributed by atoms with Crippen LogP contribution in [0.5, 0.6) is 0 Å². The third kappa shape index (κ3) is 3.71. The Labute approximate surface area is 171 Å². The van der Waals surface area contributed by atoms with Crippen LogP contribution in [0.2, 0.25) is 5.02 Å². The minimum atomic E-state index is -0.628. The van der Waals surface area contributed by atoms with E-state index in [-0.39, 0.29) is 24.8 Å². The van der Waals surface area contributed by atoms with E-state index in [4.69, 9.17) is 22.1 Å². The summed E-state index contributed by atoms with van der Waals surface area (Å²) in [7, 11) is 0. The van der Waals surface area contributed by atoms with Gasteiger partial charge in [0.25, 0.3) is 0 Å². The second-order valence-electron chi connectivity index (χ2n) is 5.79. The van der Waals surface area contributed by atoms with Crippen molar-refractivity contribution in [2.75, 3.05) is 6.61 Å². The first-order valence-electron chi connectivity index (χ1n) is 8.75. The first-order chi connectivity index (χ1) is 13.5. The zero-order valence-corrected chi connectivity index (χ0v) is 17.0. The molecule has 3 rings (SSSR count). The highest BCUT2D eigenvalue weighted by molar-refractivity contribution is 7.15. The number of benzene rings is 1. The van der Waals surface area contributed by atoms with E-state index in [1.54, 1.807) is 37.3 Å². The molecule has 0 spiro atoms. The number of halogens is 1. The number of hydrogen-bond acceptors (Lipinski definition) is 7. The van der Waals surface area contributed by atoms with Gasteiger partial charge in [-0.05, 0) is 31.5 Å². The molecule has 0 aliphatic heterocycles. The van der Waals surface area contributed by atoms with Crippen LogP contribution in [0.4, 0.5) is 0 Å². The molecule has 0 saturated carbocycles. The number of hydrogen-bond donors (Lipinski definition) is 1. The molecule has 0 amide bonds. The quantitative estimate of drug-likeness (QED) is 0.466. The van der Waals surface area contributed by atoms with Gasteiger partial charge in [0.2, 0.25) is 5.82 Å². The Bertz CT molecular complexity index is 1030. The van der Waals surface area contributed by atoms with Crippen molar-refractivity contribution in [2.24, 2.45) is 5.73 Å². The fourth-order valence-electron chi connectivity index (χ4n) is 2.71. The second-order valence-corrected chi connectivity index (χ2v) is 7.32. The smallest absolute Gasteiger partial charge is 0.376 e. The third-order valence-corrected chi connectivity index (χ3v) is 5.64. The zero-order chi connectivity index (χ0) is 20.3. The summed E-state index contributed by atoms with van der Waals surface area (Å²) in [5, 5.41) is 8.81. The number of nitrogens with two attached hydrogens (primary N) is 1. The summed E-state index contributed by atoms with van der Waals surface area (Å²) in [5.74, 6) is -0.527. The lowest BCUT2D eigenvalue weighted by molar-refractivity contribution is 0.0509. The summed E-state index contributed by atoms with van der Waals surface area (Å²) in [6, 6.07) is 8.65. The maximum atomic E-state index is 13.2. The molecule has 9 heteroatoms. The number of carbonyl (C=O) groups is 2. The Hall–Kier alpha value is -2.55. The topological polar surface area (TPSA) is 100 Å². The van der Waals surface area contributed by atoms with Gasteiger partial charge in [0, 0.05) is 10.4 Å². The molecule has 0 bridgehead atoms. The first-order valence-corrected chi connectivity index (χ1v) is 9.95. The highest BCUT2D eigenvalue weighted by Crippen LogP contribution is 2.32. The van der Waals surface area contributed by atoms with Crippen LogP contribution in [0.1, 0.15) is 51.1 Å². The highest BCUT2D eigenvalue weighted by Gasteiger charge is 2.27. The Balaban J connectivity index is 2.20. The van der Waals surface area contributed by atoms with E-state index in [0.717, 1.165) is 11.3 Å². The normalized spacial score (nSPS) is 10.9. The number of nitrogens with zero attached hydrogens (tertiary/aromatic N) is 3. The van der Waals surface area contributed by atoms with E-state index in [2.05, 4.69) is 10.2 Å². The molecule has 2 heterocycles. The maximum absolute atomic E-state index is 13.2. The number of rotatable bonds is 7. The molecular weight excluding hydrogens is 400 g/mol. The number of aryl methyl sites for hydroxylation is 1. The molecule has 3 aromatic rings. The van der Waals surface area contributed by atoms with Crippen LogP contribution in [-0.4, -0.2) is 33.1 Å². The number of ether oxygens (including phenoxy) is 1. The predicted octanol–water partition coefficient (Wildman–Crippen LogP) is 3.41. The Morgan fingerprint density at radius 1 is 1.21 bits per heavy atom. The lowest BCUT2D eigenvalue weighted by Gasteiger charge is -2.10. The van der Waals surface area contributed by atoms with Crippen LogP contribution in [0.25, 0.3) is 5.00 Å². The average Bonchev–Trinajstić information content (AvgIpc) is 3.31. The highest BCUT2D eigenvalue weighted by atomic mass is 35.5. The second kappa shape index (κ2) is 8.64. The molecule has 7 nitrogen and oxygen atoms in total. The number of carbonyl (C=O) groups excluding carboxylic acids is 2. The first kappa shape index (κ1) is 20.2. The monoisotopic (exact) mass is 418 g/mol. The summed E-state index contributed by atoms with van der Waals surface area (Å²) >= 11 is 7.61. The molecule has 0 fully saturated rings. The van der Waals surface area contributed by atoms with E-state index in [1.807, 2.05) is 6.92 Å². The predicted molar refractivity (Wildman–Crippen MR) is 107 cm³/mol. The van der Waals surface area contributed by atoms with E-state index in [0.29, 0.717) is 27.0 Å². The lowest BCUT2D eigenvalue weighted by atomic mass is 10.0. The third-order valence-electron chi connectivity index (χ3n) is 4.05. The maximum Gasteiger partial charge on any atom is 0.376 e. The molecule has 146 valence electrons. The minimum Gasteiger partial charge on any atom is -0.460 e. The fourth-order valence-corrected chi connectivity index (χ4v) is 4.05. The van der Waals surface area contributed by atoms with Crippen LogP contribution in [0, 0.1) is 0 Å². The van der Waals surface area contributed by atoms with E-state index in [9.17, 15) is 9.59 Å². The van der Waals surface area contributed by atoms with Crippen molar-refractivity contribution in [3.8, 4) is 5.00 Å². The molecule has 0 unspecified atom stereocenters. The van der Waals surface area contributed by atoms with Crippen molar-refractivity contribution in [3.05, 3.63) is 63.0 Å². The summed E-state index contributed by atoms with van der Waals surface area (Å²) in [5.41, 5.74) is 6.59. The van der Waals surface area contributed by atoms with Gasteiger partial charge in [0.15, 0.2) is 11.6 Å². The van der Waals surface area contributed by atoms with Gasteiger partial charge in [0.05, 0.1) is 23.7 Å².